The number of hydrogen-bond donors (Lipinski definition) is 1. The van der Waals surface area contributed by atoms with E-state index >= 15 is 0 Å². The fourth-order valence-corrected chi connectivity index (χ4v) is 4.58. The molecule has 158 valence electrons. The van der Waals surface area contributed by atoms with E-state index in [1.807, 2.05) is 44.2 Å². The Labute approximate surface area is 174 Å². The van der Waals surface area contributed by atoms with Crippen LogP contribution in [0.25, 0.3) is 0 Å². The van der Waals surface area contributed by atoms with Crippen LogP contribution in [0.5, 0.6) is 0 Å². The van der Waals surface area contributed by atoms with E-state index in [2.05, 4.69) is 10.2 Å². The molecular formula is C22H31N3O3S. The second-order valence-corrected chi connectivity index (χ2v) is 9.09. The van der Waals surface area contributed by atoms with E-state index in [4.69, 9.17) is 0 Å². The van der Waals surface area contributed by atoms with Crippen molar-refractivity contribution in [3.8, 4) is 0 Å². The van der Waals surface area contributed by atoms with Crippen molar-refractivity contribution in [2.24, 2.45) is 0 Å². The summed E-state index contributed by atoms with van der Waals surface area (Å²) in [6.45, 7) is 9.40. The predicted octanol–water partition coefficient (Wildman–Crippen LogP) is 3.57. The van der Waals surface area contributed by atoms with Crippen LogP contribution < -0.4 is 5.32 Å². The van der Waals surface area contributed by atoms with E-state index in [0.29, 0.717) is 25.3 Å². The highest BCUT2D eigenvalue weighted by Crippen LogP contribution is 2.19. The van der Waals surface area contributed by atoms with E-state index in [1.54, 1.807) is 32.0 Å². The van der Waals surface area contributed by atoms with Gasteiger partial charge in [0.15, 0.2) is 0 Å². The van der Waals surface area contributed by atoms with Gasteiger partial charge in [-0.15, -0.1) is 0 Å². The number of amides is 1. The Balaban J connectivity index is 2.10. The van der Waals surface area contributed by atoms with Crippen LogP contribution in [0.4, 0.5) is 5.69 Å². The van der Waals surface area contributed by atoms with Gasteiger partial charge in [0.25, 0.3) is 0 Å². The SMILES string of the molecule is CCN(CC)S(=O)(=O)c1cccc(NC(=O)CN(Cc2ccccc2)C(C)C)c1. The normalized spacial score (nSPS) is 12.0. The zero-order valence-electron chi connectivity index (χ0n) is 17.6. The van der Waals surface area contributed by atoms with Crippen molar-refractivity contribution in [2.75, 3.05) is 25.0 Å². The summed E-state index contributed by atoms with van der Waals surface area (Å²) < 4.78 is 26.8. The molecule has 2 rings (SSSR count). The Kier molecular flexibility index (Phi) is 8.37. The van der Waals surface area contributed by atoms with Gasteiger partial charge in [0.2, 0.25) is 15.9 Å². The fraction of sp³-hybridized carbons (Fsp3) is 0.409. The maximum Gasteiger partial charge on any atom is 0.243 e. The van der Waals surface area contributed by atoms with Gasteiger partial charge < -0.3 is 5.32 Å². The van der Waals surface area contributed by atoms with Crippen LogP contribution in [0, 0.1) is 0 Å². The summed E-state index contributed by atoms with van der Waals surface area (Å²) in [5, 5.41) is 2.84. The van der Waals surface area contributed by atoms with Gasteiger partial charge in [0, 0.05) is 31.4 Å². The minimum atomic E-state index is -3.57. The summed E-state index contributed by atoms with van der Waals surface area (Å²) >= 11 is 0. The summed E-state index contributed by atoms with van der Waals surface area (Å²) in [5.41, 5.74) is 1.62. The Morgan fingerprint density at radius 2 is 1.66 bits per heavy atom. The van der Waals surface area contributed by atoms with Gasteiger partial charge in [0.1, 0.15) is 0 Å². The predicted molar refractivity (Wildman–Crippen MR) is 117 cm³/mol. The van der Waals surface area contributed by atoms with Crippen molar-refractivity contribution in [1.82, 2.24) is 9.21 Å². The first kappa shape index (κ1) is 23.1. The second-order valence-electron chi connectivity index (χ2n) is 7.15. The molecule has 0 fully saturated rings. The molecule has 0 atom stereocenters. The molecule has 0 aliphatic carbocycles. The molecule has 1 N–H and O–H groups in total. The molecule has 2 aromatic carbocycles. The molecule has 0 aromatic heterocycles. The van der Waals surface area contributed by atoms with Crippen molar-refractivity contribution < 1.29 is 13.2 Å². The molecule has 0 bridgehead atoms. The summed E-state index contributed by atoms with van der Waals surface area (Å²) in [4.78, 5) is 14.9. The maximum atomic E-state index is 12.7. The molecule has 0 aliphatic rings. The summed E-state index contributed by atoms with van der Waals surface area (Å²) in [6.07, 6.45) is 0. The smallest absolute Gasteiger partial charge is 0.243 e. The van der Waals surface area contributed by atoms with Gasteiger partial charge in [-0.05, 0) is 37.6 Å². The zero-order valence-corrected chi connectivity index (χ0v) is 18.4. The lowest BCUT2D eigenvalue weighted by molar-refractivity contribution is -0.117. The molecule has 0 aliphatic heterocycles. The first-order chi connectivity index (χ1) is 13.8. The molecule has 0 unspecified atom stereocenters. The van der Waals surface area contributed by atoms with Gasteiger partial charge in [0.05, 0.1) is 11.4 Å². The van der Waals surface area contributed by atoms with E-state index in [-0.39, 0.29) is 23.4 Å². The van der Waals surface area contributed by atoms with Crippen LogP contribution in [0.3, 0.4) is 0 Å². The van der Waals surface area contributed by atoms with Crippen LogP contribution in [-0.4, -0.2) is 49.2 Å². The third-order valence-electron chi connectivity index (χ3n) is 4.77. The maximum absolute atomic E-state index is 12.7. The molecule has 6 nitrogen and oxygen atoms in total. The standard InChI is InChI=1S/C22H31N3O3S/c1-5-25(6-2)29(27,28)21-14-10-13-20(15-21)23-22(26)17-24(18(3)4)16-19-11-8-7-9-12-19/h7-15,18H,5-6,16-17H2,1-4H3,(H,23,26). The third kappa shape index (κ3) is 6.39. The van der Waals surface area contributed by atoms with Crippen molar-refractivity contribution in [1.29, 1.82) is 0 Å². The van der Waals surface area contributed by atoms with Crippen molar-refractivity contribution in [3.63, 3.8) is 0 Å². The largest absolute Gasteiger partial charge is 0.325 e. The first-order valence-corrected chi connectivity index (χ1v) is 11.4. The van der Waals surface area contributed by atoms with Crippen molar-refractivity contribution >= 4 is 21.6 Å². The lowest BCUT2D eigenvalue weighted by Gasteiger charge is -2.26. The molecule has 0 spiro atoms. The van der Waals surface area contributed by atoms with Gasteiger partial charge in [-0.25, -0.2) is 8.42 Å². The van der Waals surface area contributed by atoms with Crippen LogP contribution in [0.15, 0.2) is 59.5 Å². The number of hydrogen-bond acceptors (Lipinski definition) is 4. The van der Waals surface area contributed by atoms with Gasteiger partial charge in [-0.2, -0.15) is 4.31 Å². The number of nitrogens with zero attached hydrogens (tertiary/aromatic N) is 2. The Morgan fingerprint density at radius 3 is 2.24 bits per heavy atom. The lowest BCUT2D eigenvalue weighted by atomic mass is 10.2. The first-order valence-electron chi connectivity index (χ1n) is 9.96. The van der Waals surface area contributed by atoms with E-state index in [0.717, 1.165) is 5.56 Å². The number of carbonyl (C=O) groups is 1. The van der Waals surface area contributed by atoms with Gasteiger partial charge >= 0.3 is 0 Å². The minimum Gasteiger partial charge on any atom is -0.325 e. The highest BCUT2D eigenvalue weighted by Gasteiger charge is 2.22. The van der Waals surface area contributed by atoms with Crippen LogP contribution in [0.2, 0.25) is 0 Å². The molecule has 0 heterocycles. The van der Waals surface area contributed by atoms with Gasteiger partial charge in [-0.1, -0.05) is 50.2 Å². The highest BCUT2D eigenvalue weighted by atomic mass is 32.2. The third-order valence-corrected chi connectivity index (χ3v) is 6.81. The highest BCUT2D eigenvalue weighted by molar-refractivity contribution is 7.89. The van der Waals surface area contributed by atoms with Crippen molar-refractivity contribution in [2.45, 2.75) is 45.2 Å². The van der Waals surface area contributed by atoms with E-state index in [9.17, 15) is 13.2 Å². The Bertz CT molecular complexity index is 895. The number of nitrogens with one attached hydrogen (secondary N) is 1. The number of sulfonamides is 1. The summed E-state index contributed by atoms with van der Waals surface area (Å²) in [6, 6.07) is 16.6. The van der Waals surface area contributed by atoms with Crippen LogP contribution >= 0.6 is 0 Å². The average Bonchev–Trinajstić information content (AvgIpc) is 2.69. The quantitative estimate of drug-likeness (QED) is 0.642. The molecular weight excluding hydrogens is 386 g/mol. The minimum absolute atomic E-state index is 0.174. The monoisotopic (exact) mass is 417 g/mol. The number of rotatable bonds is 10. The topological polar surface area (TPSA) is 69.7 Å². The van der Waals surface area contributed by atoms with Crippen LogP contribution in [0.1, 0.15) is 33.3 Å². The van der Waals surface area contributed by atoms with E-state index in [1.165, 1.54) is 10.4 Å². The lowest BCUT2D eigenvalue weighted by Crippen LogP contribution is -2.37. The Hall–Kier alpha value is -2.22. The molecule has 1 amide bonds. The molecule has 0 radical (unpaired) electrons. The number of carbonyl (C=O) groups excluding carboxylic acids is 1. The summed E-state index contributed by atoms with van der Waals surface area (Å²) in [7, 11) is -3.57. The average molecular weight is 418 g/mol. The summed E-state index contributed by atoms with van der Waals surface area (Å²) in [5.74, 6) is -0.174. The molecule has 0 saturated carbocycles. The zero-order chi connectivity index (χ0) is 21.4. The molecule has 0 saturated heterocycles. The van der Waals surface area contributed by atoms with Crippen molar-refractivity contribution in [3.05, 3.63) is 60.2 Å². The molecule has 29 heavy (non-hydrogen) atoms. The number of benzene rings is 2. The molecule has 7 heteroatoms. The fourth-order valence-electron chi connectivity index (χ4n) is 3.07. The Morgan fingerprint density at radius 1 is 1.00 bits per heavy atom. The van der Waals surface area contributed by atoms with Gasteiger partial charge in [-0.3, -0.25) is 9.69 Å². The van der Waals surface area contributed by atoms with E-state index < -0.39 is 10.0 Å². The number of anilines is 1. The molecule has 2 aromatic rings. The second kappa shape index (κ2) is 10.5. The van der Waals surface area contributed by atoms with Crippen LogP contribution in [-0.2, 0) is 21.4 Å².